The molecular weight excluding hydrogens is 551 g/mol. The largest absolute Gasteiger partial charge is 0.416 e. The number of nitrogens with one attached hydrogen (secondary N) is 3. The zero-order chi connectivity index (χ0) is 25.6. The Morgan fingerprint density at radius 3 is 2.49 bits per heavy atom. The maximum absolute atomic E-state index is 12.7. The van der Waals surface area contributed by atoms with E-state index in [9.17, 15) is 26.7 Å². The van der Waals surface area contributed by atoms with E-state index in [4.69, 9.17) is 0 Å². The summed E-state index contributed by atoms with van der Waals surface area (Å²) in [5.74, 6) is 0.668. The van der Waals surface area contributed by atoms with Crippen molar-refractivity contribution in [1.29, 1.82) is 0 Å². The van der Waals surface area contributed by atoms with Crippen LogP contribution in [0.4, 0.5) is 30.6 Å². The number of sulfonamides is 1. The van der Waals surface area contributed by atoms with Crippen LogP contribution in [0.25, 0.3) is 0 Å². The van der Waals surface area contributed by atoms with Gasteiger partial charge in [0, 0.05) is 18.4 Å². The fraction of sp³-hybridized carbons (Fsp3) is 0.273. The summed E-state index contributed by atoms with van der Waals surface area (Å²) in [6.07, 6.45) is -2.26. The van der Waals surface area contributed by atoms with Gasteiger partial charge in [-0.25, -0.2) is 18.1 Å². The van der Waals surface area contributed by atoms with Gasteiger partial charge >= 0.3 is 6.18 Å². The Labute approximate surface area is 209 Å². The fourth-order valence-corrected chi connectivity index (χ4v) is 4.31. The van der Waals surface area contributed by atoms with Gasteiger partial charge in [0.2, 0.25) is 16.0 Å². The Morgan fingerprint density at radius 1 is 1.14 bits per heavy atom. The van der Waals surface area contributed by atoms with Gasteiger partial charge in [0.25, 0.3) is 0 Å². The molecule has 0 spiro atoms. The van der Waals surface area contributed by atoms with Crippen molar-refractivity contribution in [3.63, 3.8) is 0 Å². The third kappa shape index (κ3) is 7.37. The lowest BCUT2D eigenvalue weighted by Crippen LogP contribution is -2.24. The monoisotopic (exact) mass is 573 g/mol. The molecule has 3 aromatic rings. The lowest BCUT2D eigenvalue weighted by atomic mass is 10.1. The summed E-state index contributed by atoms with van der Waals surface area (Å²) in [6, 6.07) is 10.00. The maximum atomic E-state index is 12.7. The third-order valence-electron chi connectivity index (χ3n) is 4.95. The van der Waals surface area contributed by atoms with Crippen LogP contribution in [-0.2, 0) is 22.7 Å². The second kappa shape index (κ2) is 11.3. The summed E-state index contributed by atoms with van der Waals surface area (Å²) in [5, 5.41) is 15.4. The molecule has 0 aliphatic rings. The number of alkyl halides is 3. The number of hydrogen-bond donors (Lipinski definition) is 4. The molecular formula is C22H23BrF3N5O3S. The van der Waals surface area contributed by atoms with Crippen molar-refractivity contribution < 1.29 is 26.7 Å². The fourth-order valence-electron chi connectivity index (χ4n) is 2.94. The van der Waals surface area contributed by atoms with E-state index in [0.717, 1.165) is 12.1 Å². The summed E-state index contributed by atoms with van der Waals surface area (Å²) in [6.45, 7) is 1.67. The number of benzene rings is 2. The highest BCUT2D eigenvalue weighted by Crippen LogP contribution is 2.29. The standard InChI is InChI=1S/C22H23BrF3N5O3S/c1-2-16(13-32)29-20-19(23)12-27-21(31-20)30-17-4-3-5-18(10-17)35(33,34)28-11-14-6-8-15(9-7-14)22(24,25)26/h3-10,12,16,28,32H,2,11,13H2,1H3,(H2,27,29,30,31)/t16-/m1/s1. The van der Waals surface area contributed by atoms with Crippen molar-refractivity contribution in [2.75, 3.05) is 17.2 Å². The molecule has 0 unspecified atom stereocenters. The van der Waals surface area contributed by atoms with Crippen LogP contribution in [0.1, 0.15) is 24.5 Å². The number of aliphatic hydroxyl groups excluding tert-OH is 1. The predicted octanol–water partition coefficient (Wildman–Crippen LogP) is 4.66. The summed E-state index contributed by atoms with van der Waals surface area (Å²) in [7, 11) is -3.95. The molecule has 0 saturated carbocycles. The first kappa shape index (κ1) is 26.9. The van der Waals surface area contributed by atoms with E-state index < -0.39 is 21.8 Å². The van der Waals surface area contributed by atoms with Crippen LogP contribution in [0, 0.1) is 0 Å². The predicted molar refractivity (Wildman–Crippen MR) is 130 cm³/mol. The van der Waals surface area contributed by atoms with E-state index in [0.29, 0.717) is 28.0 Å². The van der Waals surface area contributed by atoms with Gasteiger partial charge in [0.1, 0.15) is 5.82 Å². The second-order valence-electron chi connectivity index (χ2n) is 7.49. The molecule has 13 heteroatoms. The Balaban J connectivity index is 1.71. The SMILES string of the molecule is CC[C@H](CO)Nc1nc(Nc2cccc(S(=O)(=O)NCc3ccc(C(F)(F)F)cc3)c2)ncc1Br. The Morgan fingerprint density at radius 2 is 1.86 bits per heavy atom. The first-order chi connectivity index (χ1) is 16.5. The zero-order valence-electron chi connectivity index (χ0n) is 18.5. The first-order valence-electron chi connectivity index (χ1n) is 10.4. The van der Waals surface area contributed by atoms with Gasteiger partial charge < -0.3 is 15.7 Å². The summed E-state index contributed by atoms with van der Waals surface area (Å²) in [4.78, 5) is 8.48. The van der Waals surface area contributed by atoms with Crippen LogP contribution in [0.2, 0.25) is 0 Å². The molecule has 1 atom stereocenters. The van der Waals surface area contributed by atoms with Crippen LogP contribution in [-0.4, -0.2) is 36.1 Å². The number of anilines is 3. The number of nitrogens with zero attached hydrogens (tertiary/aromatic N) is 2. The molecule has 0 bridgehead atoms. The van der Waals surface area contributed by atoms with Gasteiger partial charge in [-0.05, 0) is 58.2 Å². The Kier molecular flexibility index (Phi) is 8.70. The minimum atomic E-state index is -4.46. The Hall–Kier alpha value is -2.74. The van der Waals surface area contributed by atoms with Gasteiger partial charge in [-0.2, -0.15) is 18.2 Å². The highest BCUT2D eigenvalue weighted by molar-refractivity contribution is 9.10. The van der Waals surface area contributed by atoms with Crippen molar-refractivity contribution in [2.24, 2.45) is 0 Å². The minimum absolute atomic E-state index is 0.0452. The van der Waals surface area contributed by atoms with Crippen LogP contribution in [0.15, 0.2) is 64.1 Å². The van der Waals surface area contributed by atoms with E-state index in [1.807, 2.05) is 6.92 Å². The quantitative estimate of drug-likeness (QED) is 0.278. The average Bonchev–Trinajstić information content (AvgIpc) is 2.83. The molecule has 188 valence electrons. The average molecular weight is 574 g/mol. The summed E-state index contributed by atoms with van der Waals surface area (Å²) in [5.41, 5.74) is -0.0183. The molecule has 8 nitrogen and oxygen atoms in total. The molecule has 0 aliphatic carbocycles. The number of halogens is 4. The summed E-state index contributed by atoms with van der Waals surface area (Å²) >= 11 is 3.35. The number of rotatable bonds is 10. The first-order valence-corrected chi connectivity index (χ1v) is 12.7. The van der Waals surface area contributed by atoms with Crippen LogP contribution >= 0.6 is 15.9 Å². The second-order valence-corrected chi connectivity index (χ2v) is 10.1. The van der Waals surface area contributed by atoms with E-state index in [1.54, 1.807) is 6.07 Å². The van der Waals surface area contributed by atoms with E-state index >= 15 is 0 Å². The van der Waals surface area contributed by atoms with E-state index in [2.05, 4.69) is 41.3 Å². The smallest absolute Gasteiger partial charge is 0.394 e. The van der Waals surface area contributed by atoms with Gasteiger partial charge in [-0.15, -0.1) is 0 Å². The maximum Gasteiger partial charge on any atom is 0.416 e. The zero-order valence-corrected chi connectivity index (χ0v) is 20.9. The van der Waals surface area contributed by atoms with E-state index in [-0.39, 0.29) is 30.0 Å². The Bertz CT molecular complexity index is 1250. The van der Waals surface area contributed by atoms with Crippen molar-refractivity contribution in [3.05, 3.63) is 70.3 Å². The highest BCUT2D eigenvalue weighted by atomic mass is 79.9. The van der Waals surface area contributed by atoms with Crippen molar-refractivity contribution in [1.82, 2.24) is 14.7 Å². The lowest BCUT2D eigenvalue weighted by molar-refractivity contribution is -0.137. The van der Waals surface area contributed by atoms with Gasteiger partial charge in [-0.3, -0.25) is 0 Å². The molecule has 0 amide bonds. The molecule has 2 aromatic carbocycles. The molecule has 0 radical (unpaired) electrons. The molecule has 4 N–H and O–H groups in total. The normalized spacial score (nSPS) is 12.9. The molecule has 0 saturated heterocycles. The van der Waals surface area contributed by atoms with Crippen LogP contribution in [0.3, 0.4) is 0 Å². The highest BCUT2D eigenvalue weighted by Gasteiger charge is 2.30. The number of aliphatic hydroxyl groups is 1. The molecule has 0 fully saturated rings. The topological polar surface area (TPSA) is 116 Å². The van der Waals surface area contributed by atoms with Crippen LogP contribution < -0.4 is 15.4 Å². The van der Waals surface area contributed by atoms with E-state index in [1.165, 1.54) is 36.5 Å². The molecule has 3 rings (SSSR count). The molecule has 35 heavy (non-hydrogen) atoms. The lowest BCUT2D eigenvalue weighted by Gasteiger charge is -2.16. The minimum Gasteiger partial charge on any atom is -0.394 e. The molecule has 1 aromatic heterocycles. The number of hydrogen-bond acceptors (Lipinski definition) is 7. The van der Waals surface area contributed by atoms with Crippen LogP contribution in [0.5, 0.6) is 0 Å². The third-order valence-corrected chi connectivity index (χ3v) is 6.93. The summed E-state index contributed by atoms with van der Waals surface area (Å²) < 4.78 is 66.5. The van der Waals surface area contributed by atoms with Gasteiger partial charge in [-0.1, -0.05) is 25.1 Å². The molecule has 0 aliphatic heterocycles. The van der Waals surface area contributed by atoms with Crippen molar-refractivity contribution >= 4 is 43.4 Å². The van der Waals surface area contributed by atoms with Crippen molar-refractivity contribution in [3.8, 4) is 0 Å². The van der Waals surface area contributed by atoms with Gasteiger partial charge in [0.15, 0.2) is 0 Å². The van der Waals surface area contributed by atoms with Crippen molar-refractivity contribution in [2.45, 2.75) is 37.0 Å². The number of aromatic nitrogens is 2. The molecule has 1 heterocycles. The van der Waals surface area contributed by atoms with Gasteiger partial charge in [0.05, 0.1) is 27.6 Å².